The van der Waals surface area contributed by atoms with Gasteiger partial charge in [0.15, 0.2) is 0 Å². The predicted molar refractivity (Wildman–Crippen MR) is 104 cm³/mol. The fourth-order valence-electron chi connectivity index (χ4n) is 2.97. The van der Waals surface area contributed by atoms with Crippen molar-refractivity contribution in [3.8, 4) is 0 Å². The second kappa shape index (κ2) is 8.06. The summed E-state index contributed by atoms with van der Waals surface area (Å²) in [6, 6.07) is 14.1. The van der Waals surface area contributed by atoms with Crippen molar-refractivity contribution in [3.63, 3.8) is 0 Å². The molecule has 4 heteroatoms. The Morgan fingerprint density at radius 2 is 1.75 bits per heavy atom. The smallest absolute Gasteiger partial charge is 0.0505 e. The molecule has 0 bridgehead atoms. The molecule has 0 spiro atoms. The van der Waals surface area contributed by atoms with Gasteiger partial charge in [0.05, 0.1) is 6.54 Å². The van der Waals surface area contributed by atoms with E-state index in [0.29, 0.717) is 16.6 Å². The van der Waals surface area contributed by atoms with Crippen LogP contribution in [0.2, 0.25) is 10.0 Å². The number of nitrogens with one attached hydrogen (secondary N) is 1. The number of hydrogen-bond donors (Lipinski definition) is 1. The van der Waals surface area contributed by atoms with Crippen LogP contribution < -0.4 is 5.32 Å². The van der Waals surface area contributed by atoms with Crippen molar-refractivity contribution < 1.29 is 0 Å². The summed E-state index contributed by atoms with van der Waals surface area (Å²) in [6.07, 6.45) is 4.62. The highest BCUT2D eigenvalue weighted by atomic mass is 35.5. The molecular weight excluding hydrogens is 339 g/mol. The largest absolute Gasteiger partial charge is 0.343 e. The Balaban J connectivity index is 1.91. The van der Waals surface area contributed by atoms with Gasteiger partial charge in [0.25, 0.3) is 0 Å². The third-order valence-electron chi connectivity index (χ3n) is 4.28. The average Bonchev–Trinajstić information content (AvgIpc) is 2.93. The molecule has 0 fully saturated rings. The number of benzene rings is 2. The molecule has 126 valence electrons. The van der Waals surface area contributed by atoms with Crippen LogP contribution in [0.4, 0.5) is 0 Å². The van der Waals surface area contributed by atoms with E-state index in [9.17, 15) is 0 Å². The zero-order valence-corrected chi connectivity index (χ0v) is 15.4. The van der Waals surface area contributed by atoms with Crippen molar-refractivity contribution in [3.05, 3.63) is 69.8 Å². The van der Waals surface area contributed by atoms with Crippen molar-refractivity contribution in [2.24, 2.45) is 0 Å². The molecule has 1 heterocycles. The van der Waals surface area contributed by atoms with Crippen LogP contribution >= 0.6 is 23.2 Å². The second-order valence-electron chi connectivity index (χ2n) is 6.03. The van der Waals surface area contributed by atoms with Crippen LogP contribution in [0.3, 0.4) is 0 Å². The third-order valence-corrected chi connectivity index (χ3v) is 4.99. The SMILES string of the molecule is CCCCNCc1cn(Cc2c(Cl)cccc2Cl)c2ccccc12. The molecule has 2 nitrogen and oxygen atoms in total. The van der Waals surface area contributed by atoms with Crippen molar-refractivity contribution in [2.45, 2.75) is 32.9 Å². The highest BCUT2D eigenvalue weighted by molar-refractivity contribution is 6.36. The molecule has 0 aliphatic carbocycles. The van der Waals surface area contributed by atoms with E-state index in [0.717, 1.165) is 18.7 Å². The molecule has 1 N–H and O–H groups in total. The summed E-state index contributed by atoms with van der Waals surface area (Å²) in [5.74, 6) is 0. The van der Waals surface area contributed by atoms with Crippen LogP contribution in [0.5, 0.6) is 0 Å². The van der Waals surface area contributed by atoms with Gasteiger partial charge in [0.1, 0.15) is 0 Å². The van der Waals surface area contributed by atoms with E-state index in [-0.39, 0.29) is 0 Å². The quantitative estimate of drug-likeness (QED) is 0.520. The molecule has 0 atom stereocenters. The van der Waals surface area contributed by atoms with E-state index in [4.69, 9.17) is 23.2 Å². The van der Waals surface area contributed by atoms with Crippen molar-refractivity contribution in [1.29, 1.82) is 0 Å². The number of nitrogens with zero attached hydrogens (tertiary/aromatic N) is 1. The molecule has 0 saturated heterocycles. The van der Waals surface area contributed by atoms with Crippen LogP contribution in [0.1, 0.15) is 30.9 Å². The van der Waals surface area contributed by atoms with E-state index in [1.807, 2.05) is 18.2 Å². The van der Waals surface area contributed by atoms with Gasteiger partial charge in [-0.05, 0) is 36.7 Å². The van der Waals surface area contributed by atoms with Gasteiger partial charge in [-0.3, -0.25) is 0 Å². The number of para-hydroxylation sites is 1. The first kappa shape index (κ1) is 17.3. The minimum absolute atomic E-state index is 0.675. The van der Waals surface area contributed by atoms with Crippen LogP contribution in [0.25, 0.3) is 10.9 Å². The van der Waals surface area contributed by atoms with Gasteiger partial charge < -0.3 is 9.88 Å². The molecule has 3 rings (SSSR count). The van der Waals surface area contributed by atoms with Gasteiger partial charge in [-0.25, -0.2) is 0 Å². The highest BCUT2D eigenvalue weighted by Crippen LogP contribution is 2.28. The number of aromatic nitrogens is 1. The zero-order chi connectivity index (χ0) is 16.9. The lowest BCUT2D eigenvalue weighted by molar-refractivity contribution is 0.641. The van der Waals surface area contributed by atoms with Crippen molar-refractivity contribution >= 4 is 34.1 Å². The van der Waals surface area contributed by atoms with Gasteiger partial charge in [-0.1, -0.05) is 60.8 Å². The lowest BCUT2D eigenvalue weighted by Gasteiger charge is -2.09. The van der Waals surface area contributed by atoms with E-state index >= 15 is 0 Å². The Kier molecular flexibility index (Phi) is 5.83. The molecule has 0 saturated carbocycles. The maximum atomic E-state index is 6.35. The lowest BCUT2D eigenvalue weighted by Crippen LogP contribution is -2.14. The van der Waals surface area contributed by atoms with Crippen LogP contribution in [0, 0.1) is 0 Å². The molecule has 3 aromatic rings. The first-order chi connectivity index (χ1) is 11.7. The summed E-state index contributed by atoms with van der Waals surface area (Å²) in [4.78, 5) is 0. The Hall–Kier alpha value is -1.48. The summed E-state index contributed by atoms with van der Waals surface area (Å²) < 4.78 is 2.24. The standard InChI is InChI=1S/C20H22Cl2N2/c1-2-3-11-23-12-15-13-24(20-10-5-4-7-16(15)20)14-17-18(21)8-6-9-19(17)22/h4-10,13,23H,2-3,11-12,14H2,1H3. The number of halogens is 2. The first-order valence-corrected chi connectivity index (χ1v) is 9.16. The molecular formula is C20H22Cl2N2. The summed E-state index contributed by atoms with van der Waals surface area (Å²) in [6.45, 7) is 4.81. The maximum Gasteiger partial charge on any atom is 0.0505 e. The fraction of sp³-hybridized carbons (Fsp3) is 0.300. The highest BCUT2D eigenvalue weighted by Gasteiger charge is 2.11. The van der Waals surface area contributed by atoms with Gasteiger partial charge in [-0.2, -0.15) is 0 Å². The Morgan fingerprint density at radius 1 is 1.00 bits per heavy atom. The summed E-state index contributed by atoms with van der Waals surface area (Å²) in [5.41, 5.74) is 3.48. The van der Waals surface area contributed by atoms with Gasteiger partial charge in [0.2, 0.25) is 0 Å². The Morgan fingerprint density at radius 3 is 2.50 bits per heavy atom. The molecule has 0 amide bonds. The van der Waals surface area contributed by atoms with E-state index < -0.39 is 0 Å². The van der Waals surface area contributed by atoms with E-state index in [2.05, 4.69) is 47.3 Å². The molecule has 0 aliphatic rings. The van der Waals surface area contributed by atoms with Crippen LogP contribution in [-0.2, 0) is 13.1 Å². The maximum absolute atomic E-state index is 6.35. The van der Waals surface area contributed by atoms with Gasteiger partial charge in [0, 0.05) is 39.3 Å². The topological polar surface area (TPSA) is 17.0 Å². The van der Waals surface area contributed by atoms with E-state index in [1.54, 1.807) is 0 Å². The molecule has 1 aromatic heterocycles. The number of unbranched alkanes of at least 4 members (excludes halogenated alkanes) is 1. The minimum atomic E-state index is 0.675. The zero-order valence-electron chi connectivity index (χ0n) is 13.9. The molecule has 2 aromatic carbocycles. The predicted octanol–water partition coefficient (Wildman–Crippen LogP) is 5.89. The minimum Gasteiger partial charge on any atom is -0.343 e. The number of hydrogen-bond acceptors (Lipinski definition) is 1. The van der Waals surface area contributed by atoms with Crippen molar-refractivity contribution in [2.75, 3.05) is 6.54 Å². The molecule has 0 unspecified atom stereocenters. The lowest BCUT2D eigenvalue weighted by atomic mass is 10.2. The van der Waals surface area contributed by atoms with Gasteiger partial charge >= 0.3 is 0 Å². The monoisotopic (exact) mass is 360 g/mol. The summed E-state index contributed by atoms with van der Waals surface area (Å²) in [7, 11) is 0. The summed E-state index contributed by atoms with van der Waals surface area (Å²) >= 11 is 12.7. The summed E-state index contributed by atoms with van der Waals surface area (Å²) in [5, 5.41) is 6.23. The van der Waals surface area contributed by atoms with Crippen LogP contribution in [0.15, 0.2) is 48.7 Å². The Bertz CT molecular complexity index is 803. The Labute approximate surface area is 153 Å². The average molecular weight is 361 g/mol. The third kappa shape index (κ3) is 3.77. The number of fused-ring (bicyclic) bond motifs is 1. The molecule has 24 heavy (non-hydrogen) atoms. The van der Waals surface area contributed by atoms with Crippen molar-refractivity contribution in [1.82, 2.24) is 9.88 Å². The normalized spacial score (nSPS) is 11.3. The van der Waals surface area contributed by atoms with Gasteiger partial charge in [-0.15, -0.1) is 0 Å². The first-order valence-electron chi connectivity index (χ1n) is 8.41. The second-order valence-corrected chi connectivity index (χ2v) is 6.84. The fourth-order valence-corrected chi connectivity index (χ4v) is 3.49. The van der Waals surface area contributed by atoms with Crippen LogP contribution in [-0.4, -0.2) is 11.1 Å². The van der Waals surface area contributed by atoms with E-state index in [1.165, 1.54) is 29.3 Å². The molecule has 0 aliphatic heterocycles. The number of rotatable bonds is 7. The molecule has 0 radical (unpaired) electrons.